The van der Waals surface area contributed by atoms with Crippen LogP contribution >= 0.6 is 31.9 Å². The van der Waals surface area contributed by atoms with E-state index in [1.807, 2.05) is 0 Å². The number of anilines is 1. The molecule has 3 nitrogen and oxygen atoms in total. The van der Waals surface area contributed by atoms with E-state index in [0.717, 1.165) is 8.96 Å². The van der Waals surface area contributed by atoms with E-state index in [1.165, 1.54) is 11.3 Å². The van der Waals surface area contributed by atoms with Gasteiger partial charge in [0.15, 0.2) is 0 Å². The van der Waals surface area contributed by atoms with Crippen molar-refractivity contribution >= 4 is 37.5 Å². The van der Waals surface area contributed by atoms with Crippen molar-refractivity contribution < 1.29 is 9.84 Å². The van der Waals surface area contributed by atoms with Crippen LogP contribution in [0.5, 0.6) is 0 Å². The monoisotopic (exact) mass is 427 g/mol. The standard InChI is InChI=1S/C17H19Br2NO2/c1-17-8-12(19)4-6-16(17)20(9-13(21)10-22-2)15-5-3-11(18)7-14(15)17/h3-8,13,16,21H,9-10H2,1-2H3. The highest BCUT2D eigenvalue weighted by atomic mass is 79.9. The fourth-order valence-corrected chi connectivity index (χ4v) is 4.48. The summed E-state index contributed by atoms with van der Waals surface area (Å²) in [6.45, 7) is 3.14. The van der Waals surface area contributed by atoms with Gasteiger partial charge in [0.25, 0.3) is 0 Å². The lowest BCUT2D eigenvalue weighted by Gasteiger charge is -2.36. The topological polar surface area (TPSA) is 32.7 Å². The molecular formula is C17H19Br2NO2. The molecule has 118 valence electrons. The molecular weight excluding hydrogens is 410 g/mol. The number of rotatable bonds is 4. The number of nitrogens with zero attached hydrogens (tertiary/aromatic N) is 1. The van der Waals surface area contributed by atoms with E-state index >= 15 is 0 Å². The van der Waals surface area contributed by atoms with E-state index in [-0.39, 0.29) is 11.5 Å². The van der Waals surface area contributed by atoms with Crippen molar-refractivity contribution in [2.24, 2.45) is 0 Å². The van der Waals surface area contributed by atoms with Crippen molar-refractivity contribution in [3.05, 3.63) is 50.9 Å². The molecule has 3 atom stereocenters. The third-order valence-electron chi connectivity index (χ3n) is 4.44. The summed E-state index contributed by atoms with van der Waals surface area (Å²) >= 11 is 7.18. The Morgan fingerprint density at radius 2 is 2.18 bits per heavy atom. The number of halogens is 2. The zero-order chi connectivity index (χ0) is 15.9. The zero-order valence-electron chi connectivity index (χ0n) is 12.6. The van der Waals surface area contributed by atoms with Crippen molar-refractivity contribution in [2.45, 2.75) is 24.5 Å². The molecule has 0 saturated carbocycles. The van der Waals surface area contributed by atoms with Gasteiger partial charge in [-0.25, -0.2) is 0 Å². The van der Waals surface area contributed by atoms with Gasteiger partial charge < -0.3 is 14.7 Å². The first-order valence-corrected chi connectivity index (χ1v) is 8.84. The van der Waals surface area contributed by atoms with Crippen LogP contribution in [0.1, 0.15) is 12.5 Å². The number of β-amino-alcohol motifs (C(OH)–C–C–N with tert-alkyl or cyclic N) is 1. The summed E-state index contributed by atoms with van der Waals surface area (Å²) in [6, 6.07) is 6.56. The SMILES string of the molecule is COCC(O)CN1c2ccc(Br)cc2C2(C)C=C(Br)C=CC12. The van der Waals surface area contributed by atoms with Gasteiger partial charge in [-0.15, -0.1) is 0 Å². The normalized spacial score (nSPS) is 27.4. The molecule has 2 aliphatic rings. The van der Waals surface area contributed by atoms with Crippen molar-refractivity contribution in [1.82, 2.24) is 0 Å². The average molecular weight is 429 g/mol. The van der Waals surface area contributed by atoms with Crippen LogP contribution in [-0.4, -0.2) is 37.5 Å². The first kappa shape index (κ1) is 16.2. The smallest absolute Gasteiger partial charge is 0.0948 e. The Morgan fingerprint density at radius 3 is 2.91 bits per heavy atom. The maximum absolute atomic E-state index is 10.2. The van der Waals surface area contributed by atoms with Gasteiger partial charge in [0.05, 0.1) is 18.8 Å². The Hall–Kier alpha value is -0.620. The summed E-state index contributed by atoms with van der Waals surface area (Å²) in [5.74, 6) is 0. The quantitative estimate of drug-likeness (QED) is 0.792. The third-order valence-corrected chi connectivity index (χ3v) is 5.43. The molecule has 0 spiro atoms. The molecule has 0 fully saturated rings. The lowest BCUT2D eigenvalue weighted by atomic mass is 9.76. The summed E-state index contributed by atoms with van der Waals surface area (Å²) < 4.78 is 7.25. The van der Waals surface area contributed by atoms with Gasteiger partial charge in [-0.3, -0.25) is 0 Å². The van der Waals surface area contributed by atoms with Crippen LogP contribution < -0.4 is 4.90 Å². The van der Waals surface area contributed by atoms with Crippen LogP contribution in [0.25, 0.3) is 0 Å². The highest BCUT2D eigenvalue weighted by molar-refractivity contribution is 9.12. The largest absolute Gasteiger partial charge is 0.389 e. The highest BCUT2D eigenvalue weighted by Gasteiger charge is 2.46. The minimum Gasteiger partial charge on any atom is -0.389 e. The zero-order valence-corrected chi connectivity index (χ0v) is 15.8. The van der Waals surface area contributed by atoms with E-state index < -0.39 is 6.10 Å². The molecule has 1 aromatic carbocycles. The van der Waals surface area contributed by atoms with Crippen molar-refractivity contribution in [1.29, 1.82) is 0 Å². The molecule has 0 aromatic heterocycles. The fraction of sp³-hybridized carbons (Fsp3) is 0.412. The number of allylic oxidation sites excluding steroid dienone is 2. The van der Waals surface area contributed by atoms with Crippen LogP contribution in [0, 0.1) is 0 Å². The van der Waals surface area contributed by atoms with E-state index in [9.17, 15) is 5.11 Å². The summed E-state index contributed by atoms with van der Waals surface area (Å²) in [6.07, 6.45) is 6.04. The predicted molar refractivity (Wildman–Crippen MR) is 96.7 cm³/mol. The molecule has 1 aromatic rings. The summed E-state index contributed by atoms with van der Waals surface area (Å²) in [5, 5.41) is 10.2. The second kappa shape index (κ2) is 6.11. The molecule has 0 saturated heterocycles. The number of hydrogen-bond donors (Lipinski definition) is 1. The third kappa shape index (κ3) is 2.68. The summed E-state index contributed by atoms with van der Waals surface area (Å²) in [4.78, 5) is 2.28. The number of methoxy groups -OCH3 is 1. The molecule has 1 aliphatic carbocycles. The van der Waals surface area contributed by atoms with Crippen LogP contribution in [0.2, 0.25) is 0 Å². The number of fused-ring (bicyclic) bond motifs is 3. The molecule has 0 bridgehead atoms. The average Bonchev–Trinajstić information content (AvgIpc) is 2.67. The lowest BCUT2D eigenvalue weighted by molar-refractivity contribution is 0.0680. The van der Waals surface area contributed by atoms with Crippen LogP contribution in [0.3, 0.4) is 0 Å². The van der Waals surface area contributed by atoms with Gasteiger partial charge in [0.2, 0.25) is 0 Å². The van der Waals surface area contributed by atoms with Crippen molar-refractivity contribution in [3.8, 4) is 0 Å². The molecule has 1 heterocycles. The molecule has 0 radical (unpaired) electrons. The fourth-order valence-electron chi connectivity index (χ4n) is 3.49. The van der Waals surface area contributed by atoms with Gasteiger partial charge in [-0.1, -0.05) is 50.1 Å². The van der Waals surface area contributed by atoms with E-state index in [4.69, 9.17) is 4.74 Å². The molecule has 0 amide bonds. The number of aliphatic hydroxyl groups excluding tert-OH is 1. The minimum absolute atomic E-state index is 0.112. The molecule has 1 aliphatic heterocycles. The van der Waals surface area contributed by atoms with Gasteiger partial charge in [-0.05, 0) is 30.7 Å². The molecule has 5 heteroatoms. The van der Waals surface area contributed by atoms with E-state index in [0.29, 0.717) is 13.2 Å². The Labute approximate surface area is 147 Å². The minimum atomic E-state index is -0.508. The maximum atomic E-state index is 10.2. The lowest BCUT2D eigenvalue weighted by Crippen LogP contribution is -2.45. The van der Waals surface area contributed by atoms with Gasteiger partial charge in [-0.2, -0.15) is 0 Å². The highest BCUT2D eigenvalue weighted by Crippen LogP contribution is 2.50. The Balaban J connectivity index is 2.04. The Bertz CT molecular complexity index is 644. The van der Waals surface area contributed by atoms with Gasteiger partial charge in [0, 0.05) is 33.7 Å². The first-order valence-electron chi connectivity index (χ1n) is 7.26. The number of hydrogen-bond acceptors (Lipinski definition) is 3. The van der Waals surface area contributed by atoms with Crippen LogP contribution in [0.4, 0.5) is 5.69 Å². The molecule has 1 N–H and O–H groups in total. The van der Waals surface area contributed by atoms with Gasteiger partial charge >= 0.3 is 0 Å². The Kier molecular flexibility index (Phi) is 4.52. The van der Waals surface area contributed by atoms with E-state index in [2.05, 4.69) is 80.1 Å². The molecule has 3 rings (SSSR count). The summed E-state index contributed by atoms with van der Waals surface area (Å²) in [5.41, 5.74) is 2.34. The number of benzene rings is 1. The van der Waals surface area contributed by atoms with E-state index in [1.54, 1.807) is 7.11 Å². The molecule has 22 heavy (non-hydrogen) atoms. The second-order valence-electron chi connectivity index (χ2n) is 6.04. The van der Waals surface area contributed by atoms with Gasteiger partial charge in [0.1, 0.15) is 0 Å². The molecule has 3 unspecified atom stereocenters. The summed E-state index contributed by atoms with van der Waals surface area (Å²) in [7, 11) is 1.61. The predicted octanol–water partition coefficient (Wildman–Crippen LogP) is 3.75. The number of aliphatic hydroxyl groups is 1. The first-order chi connectivity index (χ1) is 10.5. The second-order valence-corrected chi connectivity index (χ2v) is 7.87. The Morgan fingerprint density at radius 1 is 1.41 bits per heavy atom. The van der Waals surface area contributed by atoms with Crippen LogP contribution in [0.15, 0.2) is 45.4 Å². The van der Waals surface area contributed by atoms with Crippen LogP contribution in [-0.2, 0) is 10.2 Å². The number of ether oxygens (including phenoxy) is 1. The maximum Gasteiger partial charge on any atom is 0.0948 e. The van der Waals surface area contributed by atoms with Crippen molar-refractivity contribution in [2.75, 3.05) is 25.2 Å². The van der Waals surface area contributed by atoms with Crippen molar-refractivity contribution in [3.63, 3.8) is 0 Å².